The van der Waals surface area contributed by atoms with Crippen LogP contribution in [0.1, 0.15) is 41.5 Å². The zero-order valence-electron chi connectivity index (χ0n) is 13.4. The van der Waals surface area contributed by atoms with Crippen molar-refractivity contribution in [3.05, 3.63) is 34.7 Å². The molecule has 0 radical (unpaired) electrons. The molecule has 1 aliphatic heterocycles. The molecule has 0 fully saturated rings. The van der Waals surface area contributed by atoms with Crippen LogP contribution in [0.4, 0.5) is 0 Å². The molecule has 0 aromatic rings. The summed E-state index contributed by atoms with van der Waals surface area (Å²) in [6, 6.07) is 0. The van der Waals surface area contributed by atoms with E-state index in [1.807, 2.05) is 41.5 Å². The van der Waals surface area contributed by atoms with Gasteiger partial charge < -0.3 is 15.5 Å². The summed E-state index contributed by atoms with van der Waals surface area (Å²) in [5, 5.41) is 21.5. The number of rotatable bonds is 2. The Balaban J connectivity index is 3.89. The lowest BCUT2D eigenvalue weighted by molar-refractivity contribution is -0.136. The first kappa shape index (κ1) is 17.0. The lowest BCUT2D eigenvalue weighted by atomic mass is 9.72. The summed E-state index contributed by atoms with van der Waals surface area (Å²) in [7, 11) is 0. The van der Waals surface area contributed by atoms with Gasteiger partial charge in [-0.2, -0.15) is 0 Å². The lowest BCUT2D eigenvalue weighted by Crippen LogP contribution is -2.27. The molecular weight excluding hydrogens is 270 g/mol. The molecule has 1 aliphatic rings. The van der Waals surface area contributed by atoms with Crippen molar-refractivity contribution >= 4 is 11.9 Å². The molecule has 5 nitrogen and oxygen atoms in total. The van der Waals surface area contributed by atoms with Crippen LogP contribution in [0.15, 0.2) is 34.7 Å². The van der Waals surface area contributed by atoms with Gasteiger partial charge in [0.1, 0.15) is 5.70 Å². The number of nitrogens with one attached hydrogen (secondary N) is 1. The summed E-state index contributed by atoms with van der Waals surface area (Å²) in [6.07, 6.45) is 3.26. The van der Waals surface area contributed by atoms with Crippen molar-refractivity contribution in [1.82, 2.24) is 5.32 Å². The zero-order chi connectivity index (χ0) is 16.6. The summed E-state index contributed by atoms with van der Waals surface area (Å²) in [5.74, 6) is -2.52. The molecule has 0 spiro atoms. The second kappa shape index (κ2) is 5.39. The molecule has 5 heteroatoms. The van der Waals surface area contributed by atoms with E-state index in [1.54, 1.807) is 6.08 Å². The van der Waals surface area contributed by atoms with E-state index >= 15 is 0 Å². The van der Waals surface area contributed by atoms with E-state index in [2.05, 4.69) is 5.32 Å². The van der Waals surface area contributed by atoms with Gasteiger partial charge >= 0.3 is 11.9 Å². The van der Waals surface area contributed by atoms with Crippen LogP contribution in [-0.2, 0) is 9.59 Å². The molecule has 0 atom stereocenters. The number of carbonyl (C=O) groups is 2. The first-order valence-corrected chi connectivity index (χ1v) is 6.77. The van der Waals surface area contributed by atoms with Gasteiger partial charge in [0.25, 0.3) is 0 Å². The van der Waals surface area contributed by atoms with Crippen LogP contribution in [0, 0.1) is 10.8 Å². The Bertz CT molecular complexity index is 566. The Hall–Kier alpha value is -2.04. The standard InChI is InChI=1S/C16H23NO4/c1-15(2,3)9-7-8-17-12(14(20)21)10(13(18)19)11(9)16(4,5)6/h7-8,17H,1-6H3,(H,18,19)(H,20,21). The highest BCUT2D eigenvalue weighted by molar-refractivity contribution is 6.02. The Morgan fingerprint density at radius 2 is 1.48 bits per heavy atom. The minimum absolute atomic E-state index is 0.176. The van der Waals surface area contributed by atoms with Gasteiger partial charge in [0.05, 0.1) is 5.57 Å². The molecule has 0 aliphatic carbocycles. The molecule has 3 N–H and O–H groups in total. The SMILES string of the molecule is CC(C)(C)C1=C(C(C)(C)C)C(C(=O)O)=C(C(=O)O)NC=C1. The average Bonchev–Trinajstić information content (AvgIpc) is 2.45. The van der Waals surface area contributed by atoms with Crippen molar-refractivity contribution in [2.75, 3.05) is 0 Å². The zero-order valence-corrected chi connectivity index (χ0v) is 13.4. The molecule has 0 unspecified atom stereocenters. The van der Waals surface area contributed by atoms with Crippen LogP contribution in [0.5, 0.6) is 0 Å². The average molecular weight is 293 g/mol. The largest absolute Gasteiger partial charge is 0.478 e. The van der Waals surface area contributed by atoms with Crippen molar-refractivity contribution in [3.63, 3.8) is 0 Å². The van der Waals surface area contributed by atoms with E-state index in [0.717, 1.165) is 5.57 Å². The Kier molecular flexibility index (Phi) is 4.37. The lowest BCUT2D eigenvalue weighted by Gasteiger charge is -2.32. The second-order valence-corrected chi connectivity index (χ2v) is 7.13. The van der Waals surface area contributed by atoms with E-state index in [4.69, 9.17) is 0 Å². The van der Waals surface area contributed by atoms with E-state index in [9.17, 15) is 19.8 Å². The minimum atomic E-state index is -1.28. The molecule has 1 heterocycles. The van der Waals surface area contributed by atoms with Crippen LogP contribution in [0.25, 0.3) is 0 Å². The molecule has 21 heavy (non-hydrogen) atoms. The van der Waals surface area contributed by atoms with Crippen LogP contribution < -0.4 is 5.32 Å². The third-order valence-electron chi connectivity index (χ3n) is 3.23. The fourth-order valence-corrected chi connectivity index (χ4v) is 2.41. The highest BCUT2D eigenvalue weighted by atomic mass is 16.4. The van der Waals surface area contributed by atoms with Crippen LogP contribution in [0.3, 0.4) is 0 Å². The number of carboxylic acid groups (broad SMARTS) is 2. The van der Waals surface area contributed by atoms with Gasteiger partial charge in [0.2, 0.25) is 0 Å². The van der Waals surface area contributed by atoms with Crippen molar-refractivity contribution in [2.45, 2.75) is 41.5 Å². The van der Waals surface area contributed by atoms with E-state index in [-0.39, 0.29) is 16.7 Å². The maximum atomic E-state index is 11.7. The number of carboxylic acids is 2. The third-order valence-corrected chi connectivity index (χ3v) is 3.23. The topological polar surface area (TPSA) is 86.6 Å². The Morgan fingerprint density at radius 3 is 1.81 bits per heavy atom. The van der Waals surface area contributed by atoms with Crippen molar-refractivity contribution in [3.8, 4) is 0 Å². The van der Waals surface area contributed by atoms with Crippen molar-refractivity contribution in [2.24, 2.45) is 10.8 Å². The Morgan fingerprint density at radius 1 is 0.952 bits per heavy atom. The molecule has 116 valence electrons. The van der Waals surface area contributed by atoms with Gasteiger partial charge in [-0.1, -0.05) is 41.5 Å². The van der Waals surface area contributed by atoms with Gasteiger partial charge in [-0.25, -0.2) is 9.59 Å². The van der Waals surface area contributed by atoms with E-state index < -0.39 is 17.4 Å². The van der Waals surface area contributed by atoms with Gasteiger partial charge in [0.15, 0.2) is 0 Å². The molecule has 1 rings (SSSR count). The van der Waals surface area contributed by atoms with Crippen LogP contribution >= 0.6 is 0 Å². The first-order valence-electron chi connectivity index (χ1n) is 6.77. The molecule has 0 aromatic heterocycles. The quantitative estimate of drug-likeness (QED) is 0.728. The maximum absolute atomic E-state index is 11.7. The fraction of sp³-hybridized carbons (Fsp3) is 0.500. The number of aliphatic carboxylic acids is 2. The normalized spacial score (nSPS) is 16.7. The number of allylic oxidation sites excluding steroid dienone is 2. The van der Waals surface area contributed by atoms with E-state index in [1.165, 1.54) is 6.20 Å². The third kappa shape index (κ3) is 3.54. The summed E-state index contributed by atoms with van der Waals surface area (Å²) < 4.78 is 0. The highest BCUT2D eigenvalue weighted by Crippen LogP contribution is 2.42. The van der Waals surface area contributed by atoms with Crippen LogP contribution in [0.2, 0.25) is 0 Å². The molecule has 0 saturated carbocycles. The Labute approximate surface area is 125 Å². The predicted octanol–water partition coefficient (Wildman–Crippen LogP) is 2.92. The molecule has 0 amide bonds. The van der Waals surface area contributed by atoms with Crippen LogP contribution in [-0.4, -0.2) is 22.2 Å². The fourth-order valence-electron chi connectivity index (χ4n) is 2.41. The van der Waals surface area contributed by atoms with Gasteiger partial charge in [0, 0.05) is 6.20 Å². The van der Waals surface area contributed by atoms with Gasteiger partial charge in [-0.05, 0) is 28.1 Å². The monoisotopic (exact) mass is 293 g/mol. The molecule has 0 bridgehead atoms. The maximum Gasteiger partial charge on any atom is 0.353 e. The van der Waals surface area contributed by atoms with Gasteiger partial charge in [-0.3, -0.25) is 0 Å². The van der Waals surface area contributed by atoms with Crippen molar-refractivity contribution < 1.29 is 19.8 Å². The number of hydrogen-bond acceptors (Lipinski definition) is 3. The summed E-state index contributed by atoms with van der Waals surface area (Å²) >= 11 is 0. The minimum Gasteiger partial charge on any atom is -0.478 e. The molecule has 0 saturated heterocycles. The van der Waals surface area contributed by atoms with Gasteiger partial charge in [-0.15, -0.1) is 0 Å². The molecule has 0 aromatic carbocycles. The summed E-state index contributed by atoms with van der Waals surface area (Å²) in [4.78, 5) is 23.1. The van der Waals surface area contributed by atoms with Crippen molar-refractivity contribution in [1.29, 1.82) is 0 Å². The summed E-state index contributed by atoms with van der Waals surface area (Å²) in [6.45, 7) is 11.6. The summed E-state index contributed by atoms with van der Waals surface area (Å²) in [5.41, 5.74) is 0.0631. The van der Waals surface area contributed by atoms with E-state index in [0.29, 0.717) is 5.57 Å². The smallest absolute Gasteiger partial charge is 0.353 e. The predicted molar refractivity (Wildman–Crippen MR) is 80.5 cm³/mol. The second-order valence-electron chi connectivity index (χ2n) is 7.13. The highest BCUT2D eigenvalue weighted by Gasteiger charge is 2.36. The molecular formula is C16H23NO4. The number of hydrogen-bond donors (Lipinski definition) is 3. The first-order chi connectivity index (χ1) is 9.37.